The average molecular weight is 546 g/mol. The van der Waals surface area contributed by atoms with Crippen molar-refractivity contribution < 1.29 is 9.47 Å². The molecule has 2 saturated heterocycles. The van der Waals surface area contributed by atoms with E-state index in [1.165, 1.54) is 0 Å². The molecule has 2 heterocycles. The van der Waals surface area contributed by atoms with Gasteiger partial charge < -0.3 is 25.0 Å². The summed E-state index contributed by atoms with van der Waals surface area (Å²) in [6.07, 6.45) is 1.61. The summed E-state index contributed by atoms with van der Waals surface area (Å²) in [5.74, 6) is 1.79. The molecular weight excluding hydrogens is 505 g/mol. The van der Waals surface area contributed by atoms with Crippen molar-refractivity contribution in [1.82, 2.24) is 15.5 Å². The number of para-hydroxylation sites is 2. The summed E-state index contributed by atoms with van der Waals surface area (Å²) in [5.41, 5.74) is 1.17. The lowest BCUT2D eigenvalue weighted by Gasteiger charge is -2.45. The first-order valence-electron chi connectivity index (χ1n) is 11.1. The Morgan fingerprint density at radius 2 is 1.87 bits per heavy atom. The van der Waals surface area contributed by atoms with Crippen molar-refractivity contribution in [3.8, 4) is 5.75 Å². The maximum Gasteiger partial charge on any atom is 0.191 e. The SMILES string of the molecule is CN=C(NCC(C)(C)N1CC(C)OC(C)C1)NC1CCN(c2ccccc2OC)C1.I. The first kappa shape index (κ1) is 26.0. The molecule has 3 rings (SSSR count). The molecule has 176 valence electrons. The zero-order valence-corrected chi connectivity index (χ0v) is 22.2. The van der Waals surface area contributed by atoms with Crippen LogP contribution in [-0.4, -0.2) is 81.5 Å². The molecule has 0 spiro atoms. The molecule has 0 radical (unpaired) electrons. The van der Waals surface area contributed by atoms with E-state index in [4.69, 9.17) is 9.47 Å². The van der Waals surface area contributed by atoms with Gasteiger partial charge in [0.1, 0.15) is 5.75 Å². The lowest BCUT2D eigenvalue weighted by atomic mass is 10.00. The minimum Gasteiger partial charge on any atom is -0.495 e. The van der Waals surface area contributed by atoms with Gasteiger partial charge in [0.2, 0.25) is 0 Å². The van der Waals surface area contributed by atoms with Crippen molar-refractivity contribution in [2.24, 2.45) is 4.99 Å². The lowest BCUT2D eigenvalue weighted by Crippen LogP contribution is -2.59. The van der Waals surface area contributed by atoms with Crippen molar-refractivity contribution >= 4 is 35.6 Å². The smallest absolute Gasteiger partial charge is 0.191 e. The predicted molar refractivity (Wildman–Crippen MR) is 139 cm³/mol. The van der Waals surface area contributed by atoms with Crippen LogP contribution in [0.1, 0.15) is 34.1 Å². The fraction of sp³-hybridized carbons (Fsp3) is 0.696. The van der Waals surface area contributed by atoms with Gasteiger partial charge in [-0.15, -0.1) is 24.0 Å². The van der Waals surface area contributed by atoms with Gasteiger partial charge in [-0.05, 0) is 46.2 Å². The number of ether oxygens (including phenoxy) is 2. The van der Waals surface area contributed by atoms with Crippen LogP contribution in [0.25, 0.3) is 0 Å². The highest BCUT2D eigenvalue weighted by Crippen LogP contribution is 2.30. The highest BCUT2D eigenvalue weighted by Gasteiger charge is 2.33. The Labute approximate surface area is 205 Å². The maximum atomic E-state index is 5.90. The number of aliphatic imine (C=N–C) groups is 1. The Morgan fingerprint density at radius 1 is 1.19 bits per heavy atom. The zero-order valence-electron chi connectivity index (χ0n) is 19.9. The van der Waals surface area contributed by atoms with Crippen LogP contribution < -0.4 is 20.3 Å². The number of methoxy groups -OCH3 is 1. The maximum absolute atomic E-state index is 5.90. The van der Waals surface area contributed by atoms with Crippen LogP contribution in [0.4, 0.5) is 5.69 Å². The third kappa shape index (κ3) is 6.86. The van der Waals surface area contributed by atoms with E-state index < -0.39 is 0 Å². The van der Waals surface area contributed by atoms with Gasteiger partial charge in [0.25, 0.3) is 0 Å². The standard InChI is InChI=1S/C23H39N5O2.HI/c1-17-13-28(14-18(2)30-17)23(3,4)16-25-22(24-5)26-19-11-12-27(15-19)20-9-7-8-10-21(20)29-6;/h7-10,17-19H,11-16H2,1-6H3,(H2,24,25,26);1H. The highest BCUT2D eigenvalue weighted by atomic mass is 127. The molecule has 2 aliphatic rings. The molecule has 0 amide bonds. The second-order valence-corrected chi connectivity index (χ2v) is 9.15. The monoisotopic (exact) mass is 545 g/mol. The Morgan fingerprint density at radius 3 is 2.52 bits per heavy atom. The number of hydrogen-bond acceptors (Lipinski definition) is 5. The van der Waals surface area contributed by atoms with Gasteiger partial charge in [0.05, 0.1) is 25.0 Å². The van der Waals surface area contributed by atoms with Crippen molar-refractivity contribution in [3.63, 3.8) is 0 Å². The second kappa shape index (κ2) is 11.6. The first-order chi connectivity index (χ1) is 14.3. The first-order valence-corrected chi connectivity index (χ1v) is 11.1. The fourth-order valence-corrected chi connectivity index (χ4v) is 4.46. The van der Waals surface area contributed by atoms with Gasteiger partial charge in [-0.25, -0.2) is 0 Å². The molecule has 0 aliphatic carbocycles. The number of benzene rings is 1. The number of halogens is 1. The van der Waals surface area contributed by atoms with Gasteiger partial charge in [-0.1, -0.05) is 12.1 Å². The molecule has 2 aliphatic heterocycles. The molecule has 0 aromatic heterocycles. The van der Waals surface area contributed by atoms with Crippen LogP contribution in [0.2, 0.25) is 0 Å². The van der Waals surface area contributed by atoms with Gasteiger partial charge in [0.15, 0.2) is 5.96 Å². The Kier molecular flexibility index (Phi) is 9.69. The summed E-state index contributed by atoms with van der Waals surface area (Å²) >= 11 is 0. The molecule has 3 atom stereocenters. The quantitative estimate of drug-likeness (QED) is 0.326. The normalized spacial score (nSPS) is 25.2. The van der Waals surface area contributed by atoms with Crippen LogP contribution in [0, 0.1) is 0 Å². The zero-order chi connectivity index (χ0) is 21.7. The Balaban J connectivity index is 0.00000341. The van der Waals surface area contributed by atoms with Gasteiger partial charge in [0, 0.05) is 51.4 Å². The molecule has 0 bridgehead atoms. The molecule has 7 nitrogen and oxygen atoms in total. The molecular formula is C23H40IN5O2. The molecule has 2 N–H and O–H groups in total. The van der Waals surface area contributed by atoms with Gasteiger partial charge >= 0.3 is 0 Å². The van der Waals surface area contributed by atoms with E-state index >= 15 is 0 Å². The fourth-order valence-electron chi connectivity index (χ4n) is 4.46. The van der Waals surface area contributed by atoms with E-state index in [0.717, 1.165) is 56.5 Å². The van der Waals surface area contributed by atoms with E-state index in [9.17, 15) is 0 Å². The van der Waals surface area contributed by atoms with Crippen LogP contribution >= 0.6 is 24.0 Å². The summed E-state index contributed by atoms with van der Waals surface area (Å²) in [4.78, 5) is 9.37. The molecule has 1 aromatic rings. The lowest BCUT2D eigenvalue weighted by molar-refractivity contribution is -0.0946. The minimum absolute atomic E-state index is 0. The highest BCUT2D eigenvalue weighted by molar-refractivity contribution is 14.0. The van der Waals surface area contributed by atoms with Crippen molar-refractivity contribution in [3.05, 3.63) is 24.3 Å². The number of morpholine rings is 1. The molecule has 3 unspecified atom stereocenters. The number of anilines is 1. The van der Waals surface area contributed by atoms with Crippen molar-refractivity contribution in [2.75, 3.05) is 51.8 Å². The van der Waals surface area contributed by atoms with Crippen LogP contribution in [0.5, 0.6) is 5.75 Å². The van der Waals surface area contributed by atoms with E-state index in [0.29, 0.717) is 6.04 Å². The molecule has 0 saturated carbocycles. The van der Waals surface area contributed by atoms with Gasteiger partial charge in [-0.3, -0.25) is 9.89 Å². The van der Waals surface area contributed by atoms with Gasteiger partial charge in [-0.2, -0.15) is 0 Å². The summed E-state index contributed by atoms with van der Waals surface area (Å²) < 4.78 is 11.4. The molecule has 8 heteroatoms. The molecule has 2 fully saturated rings. The minimum atomic E-state index is 0. The molecule has 1 aromatic carbocycles. The van der Waals surface area contributed by atoms with E-state index in [-0.39, 0.29) is 41.7 Å². The average Bonchev–Trinajstić information content (AvgIpc) is 3.18. The number of rotatable bonds is 6. The largest absolute Gasteiger partial charge is 0.495 e. The summed E-state index contributed by atoms with van der Waals surface area (Å²) in [7, 11) is 3.57. The second-order valence-electron chi connectivity index (χ2n) is 9.15. The van der Waals surface area contributed by atoms with Crippen LogP contribution in [0.3, 0.4) is 0 Å². The van der Waals surface area contributed by atoms with E-state index in [1.807, 2.05) is 19.2 Å². The topological polar surface area (TPSA) is 61.4 Å². The third-order valence-corrected chi connectivity index (χ3v) is 6.14. The summed E-state index contributed by atoms with van der Waals surface area (Å²) in [5, 5.41) is 7.16. The summed E-state index contributed by atoms with van der Waals surface area (Å²) in [6.45, 7) is 13.6. The van der Waals surface area contributed by atoms with Crippen LogP contribution in [-0.2, 0) is 4.74 Å². The van der Waals surface area contributed by atoms with Crippen molar-refractivity contribution in [2.45, 2.75) is 57.9 Å². The predicted octanol–water partition coefficient (Wildman–Crippen LogP) is 2.94. The Hall–Kier alpha value is -1.26. The van der Waals surface area contributed by atoms with E-state index in [2.05, 4.69) is 65.3 Å². The van der Waals surface area contributed by atoms with Crippen molar-refractivity contribution in [1.29, 1.82) is 0 Å². The number of nitrogens with one attached hydrogen (secondary N) is 2. The number of nitrogens with zero attached hydrogens (tertiary/aromatic N) is 3. The third-order valence-electron chi connectivity index (χ3n) is 6.14. The Bertz CT molecular complexity index is 720. The summed E-state index contributed by atoms with van der Waals surface area (Å²) in [6, 6.07) is 8.58. The molecule has 31 heavy (non-hydrogen) atoms. The number of hydrogen-bond donors (Lipinski definition) is 2. The van der Waals surface area contributed by atoms with Crippen LogP contribution in [0.15, 0.2) is 29.3 Å². The van der Waals surface area contributed by atoms with E-state index in [1.54, 1.807) is 7.11 Å². The number of guanidine groups is 1.